The number of aromatic nitrogens is 7. The van der Waals surface area contributed by atoms with Crippen LogP contribution in [0.5, 0.6) is 0 Å². The maximum Gasteiger partial charge on any atom is 0.269 e. The topological polar surface area (TPSA) is 227 Å². The summed E-state index contributed by atoms with van der Waals surface area (Å²) >= 11 is 0. The van der Waals surface area contributed by atoms with Crippen LogP contribution in [-0.4, -0.2) is 56.7 Å². The van der Waals surface area contributed by atoms with Crippen LogP contribution >= 0.6 is 0 Å². The molecule has 4 aromatic heterocycles. The fourth-order valence-corrected chi connectivity index (χ4v) is 6.57. The van der Waals surface area contributed by atoms with E-state index in [9.17, 15) is 19.8 Å². The van der Waals surface area contributed by atoms with Crippen molar-refractivity contribution in [3.63, 3.8) is 0 Å². The van der Waals surface area contributed by atoms with E-state index in [0.29, 0.717) is 45.0 Å². The molecule has 0 spiro atoms. The number of hydrogen-bond acceptors (Lipinski definition) is 11. The first-order valence-electron chi connectivity index (χ1n) is 17.7. The van der Waals surface area contributed by atoms with Crippen LogP contribution in [0.4, 0.5) is 0 Å². The van der Waals surface area contributed by atoms with E-state index in [4.69, 9.17) is 20.4 Å². The van der Waals surface area contributed by atoms with E-state index < -0.39 is 23.0 Å². The molecule has 0 aliphatic heterocycles. The van der Waals surface area contributed by atoms with Gasteiger partial charge in [-0.1, -0.05) is 83.5 Å². The number of para-hydroxylation sites is 1. The third-order valence-corrected chi connectivity index (χ3v) is 9.35. The molecule has 8 rings (SSSR count). The average Bonchev–Trinajstić information content (AvgIpc) is 4.03. The van der Waals surface area contributed by atoms with Gasteiger partial charge in [0, 0.05) is 28.3 Å². The van der Waals surface area contributed by atoms with E-state index in [1.807, 2.05) is 54.6 Å². The van der Waals surface area contributed by atoms with E-state index in [2.05, 4.69) is 49.0 Å². The molecule has 0 bridgehead atoms. The lowest BCUT2D eigenvalue weighted by Crippen LogP contribution is -2.20. The van der Waals surface area contributed by atoms with Crippen LogP contribution in [-0.2, 0) is 17.6 Å². The number of aliphatic hydroxyl groups is 2. The minimum atomic E-state index is -1.81. The number of allylic oxidation sites excluding steroid dienone is 4. The van der Waals surface area contributed by atoms with Gasteiger partial charge in [0.05, 0.1) is 35.4 Å². The maximum atomic E-state index is 12.7. The number of primary amides is 2. The fraction of sp³-hybridized carbons (Fsp3) is 0.167. The predicted molar refractivity (Wildman–Crippen MR) is 206 cm³/mol. The van der Waals surface area contributed by atoms with E-state index in [0.717, 1.165) is 5.57 Å². The highest BCUT2D eigenvalue weighted by Crippen LogP contribution is 2.32. The van der Waals surface area contributed by atoms with Gasteiger partial charge in [0.25, 0.3) is 11.8 Å². The SMILES string of the molecule is CC(O)(C#Cc1cccc(-n2nc(C(N)=O)c3ccccc32)c1)c1noc(Cc2cccc3c2c(C(N)=O)nn3C2C=CC=C(C#CC(C)(O)c3ncco3)C2)n1. The molecule has 4 heterocycles. The summed E-state index contributed by atoms with van der Waals surface area (Å²) in [5, 5.41) is 36.4. The van der Waals surface area contributed by atoms with E-state index >= 15 is 0 Å². The first-order valence-corrected chi connectivity index (χ1v) is 17.7. The van der Waals surface area contributed by atoms with Crippen LogP contribution in [0.25, 0.3) is 27.5 Å². The summed E-state index contributed by atoms with van der Waals surface area (Å²) in [6.45, 7) is 2.95. The van der Waals surface area contributed by atoms with Gasteiger partial charge in [0.15, 0.2) is 22.6 Å². The molecule has 3 aromatic carbocycles. The minimum Gasteiger partial charge on any atom is -0.445 e. The number of fused-ring (bicyclic) bond motifs is 2. The second-order valence-electron chi connectivity index (χ2n) is 13.7. The summed E-state index contributed by atoms with van der Waals surface area (Å²) in [4.78, 5) is 33.3. The summed E-state index contributed by atoms with van der Waals surface area (Å²) in [6.07, 6.45) is 8.94. The second kappa shape index (κ2) is 14.2. The molecule has 1 aliphatic rings. The Morgan fingerprint density at radius 3 is 2.49 bits per heavy atom. The summed E-state index contributed by atoms with van der Waals surface area (Å²) in [6, 6.07) is 19.5. The van der Waals surface area contributed by atoms with E-state index in [1.165, 1.54) is 26.3 Å². The molecule has 15 nitrogen and oxygen atoms in total. The standard InChI is InChI=1S/C42H33N9O6/c1-41(54,18-16-25-8-5-11-28(22-25)50-31-14-4-3-13-30(31)35(47-50)37(43)52)39-46-33(57-49-39)24-27-10-7-15-32-34(27)36(38(44)53)48-51(32)29-12-6-9-26(23-29)17-19-42(2,55)40-45-20-21-56-40/h3-15,20-22,29,54-55H,23-24H2,1-2H3,(H2,43,52)(H2,44,53). The molecule has 3 atom stereocenters. The molecule has 57 heavy (non-hydrogen) atoms. The Kier molecular flexibility index (Phi) is 9.09. The Bertz CT molecular complexity index is 2910. The largest absolute Gasteiger partial charge is 0.445 e. The van der Waals surface area contributed by atoms with Gasteiger partial charge in [-0.05, 0) is 49.7 Å². The van der Waals surface area contributed by atoms with Crippen LogP contribution in [0.2, 0.25) is 0 Å². The van der Waals surface area contributed by atoms with E-state index in [1.54, 1.807) is 39.7 Å². The van der Waals surface area contributed by atoms with Gasteiger partial charge in [-0.15, -0.1) is 0 Å². The number of carbonyl (C=O) groups excluding carboxylic acids is 2. The number of benzene rings is 3. The van der Waals surface area contributed by atoms with Gasteiger partial charge in [-0.3, -0.25) is 14.3 Å². The van der Waals surface area contributed by atoms with Crippen molar-refractivity contribution in [2.45, 2.75) is 43.9 Å². The first kappa shape index (κ1) is 36.4. The van der Waals surface area contributed by atoms with Crippen molar-refractivity contribution in [2.24, 2.45) is 11.5 Å². The summed E-state index contributed by atoms with van der Waals surface area (Å²) in [5.74, 6) is 10.5. The van der Waals surface area contributed by atoms with Gasteiger partial charge in [-0.2, -0.15) is 15.2 Å². The summed E-state index contributed by atoms with van der Waals surface area (Å²) in [5.41, 5.74) is 12.1. The number of amides is 2. The van der Waals surface area contributed by atoms with Crippen LogP contribution in [0.3, 0.4) is 0 Å². The molecule has 0 radical (unpaired) electrons. The lowest BCUT2D eigenvalue weighted by atomic mass is 9.99. The minimum absolute atomic E-state index is 0.0575. The lowest BCUT2D eigenvalue weighted by molar-refractivity contribution is 0.0892. The molecule has 1 aliphatic carbocycles. The Morgan fingerprint density at radius 2 is 1.70 bits per heavy atom. The molecule has 0 saturated heterocycles. The first-order chi connectivity index (χ1) is 27.4. The molecule has 6 N–H and O–H groups in total. The number of carbonyl (C=O) groups is 2. The third kappa shape index (κ3) is 7.07. The molecule has 2 amide bonds. The lowest BCUT2D eigenvalue weighted by Gasteiger charge is -2.18. The Hall–Kier alpha value is -7.59. The van der Waals surface area contributed by atoms with Crippen LogP contribution in [0.1, 0.15) is 76.0 Å². The number of nitrogens with two attached hydrogens (primary N) is 2. The van der Waals surface area contributed by atoms with Gasteiger partial charge in [0.1, 0.15) is 6.26 Å². The van der Waals surface area contributed by atoms with Crippen LogP contribution in [0, 0.1) is 23.7 Å². The molecule has 7 aromatic rings. The van der Waals surface area contributed by atoms with Gasteiger partial charge in [-0.25, -0.2) is 9.67 Å². The maximum absolute atomic E-state index is 12.7. The molecule has 15 heteroatoms. The van der Waals surface area contributed by atoms with Gasteiger partial charge < -0.3 is 30.6 Å². The number of rotatable bonds is 8. The van der Waals surface area contributed by atoms with Crippen LogP contribution < -0.4 is 11.5 Å². The van der Waals surface area contributed by atoms with Gasteiger partial charge in [0.2, 0.25) is 17.6 Å². The Balaban J connectivity index is 1.03. The molecule has 3 unspecified atom stereocenters. The number of oxazole rings is 1. The normalized spacial score (nSPS) is 15.9. The Labute approximate surface area is 324 Å². The van der Waals surface area contributed by atoms with Crippen molar-refractivity contribution in [1.82, 2.24) is 34.7 Å². The molecule has 282 valence electrons. The summed E-state index contributed by atoms with van der Waals surface area (Å²) in [7, 11) is 0. The van der Waals surface area contributed by atoms with Crippen molar-refractivity contribution in [1.29, 1.82) is 0 Å². The van der Waals surface area contributed by atoms with Crippen LogP contribution in [0.15, 0.2) is 112 Å². The van der Waals surface area contributed by atoms with Crippen molar-refractivity contribution in [3.8, 4) is 29.4 Å². The smallest absolute Gasteiger partial charge is 0.269 e. The number of hydrogen-bond donors (Lipinski definition) is 4. The zero-order valence-electron chi connectivity index (χ0n) is 30.5. The molecule has 0 fully saturated rings. The zero-order chi connectivity index (χ0) is 39.9. The highest BCUT2D eigenvalue weighted by Gasteiger charge is 2.29. The highest BCUT2D eigenvalue weighted by molar-refractivity contribution is 6.06. The van der Waals surface area contributed by atoms with Crippen molar-refractivity contribution in [2.75, 3.05) is 0 Å². The quantitative estimate of drug-likeness (QED) is 0.161. The van der Waals surface area contributed by atoms with E-state index in [-0.39, 0.29) is 41.5 Å². The second-order valence-corrected chi connectivity index (χ2v) is 13.7. The average molecular weight is 760 g/mol. The number of nitrogens with zero attached hydrogens (tertiary/aromatic N) is 7. The van der Waals surface area contributed by atoms with Crippen molar-refractivity contribution in [3.05, 3.63) is 143 Å². The van der Waals surface area contributed by atoms with Crippen molar-refractivity contribution < 1.29 is 28.7 Å². The molecular weight excluding hydrogens is 727 g/mol. The monoisotopic (exact) mass is 759 g/mol. The van der Waals surface area contributed by atoms with Crippen molar-refractivity contribution >= 4 is 33.6 Å². The predicted octanol–water partition coefficient (Wildman–Crippen LogP) is 4.13. The summed E-state index contributed by atoms with van der Waals surface area (Å²) < 4.78 is 14.1. The molecular formula is C42H33N9O6. The Morgan fingerprint density at radius 1 is 0.930 bits per heavy atom. The third-order valence-electron chi connectivity index (χ3n) is 9.35. The molecule has 0 saturated carbocycles. The highest BCUT2D eigenvalue weighted by atomic mass is 16.5. The van der Waals surface area contributed by atoms with Gasteiger partial charge >= 0.3 is 0 Å². The zero-order valence-corrected chi connectivity index (χ0v) is 30.5. The fourth-order valence-electron chi connectivity index (χ4n) is 6.57.